The Labute approximate surface area is 224 Å². The van der Waals surface area contributed by atoms with Gasteiger partial charge in [-0.3, -0.25) is 5.32 Å². The van der Waals surface area contributed by atoms with Crippen molar-refractivity contribution in [1.29, 1.82) is 0 Å². The Morgan fingerprint density at radius 2 is 1.32 bits per heavy atom. The molecule has 0 bridgehead atoms. The number of fused-ring (bicyclic) bond motifs is 1. The number of hydrogen-bond donors (Lipinski definition) is 2. The van der Waals surface area contributed by atoms with Crippen molar-refractivity contribution >= 4 is 10.8 Å². The van der Waals surface area contributed by atoms with E-state index in [-0.39, 0.29) is 6.61 Å². The third-order valence-electron chi connectivity index (χ3n) is 6.98. The van der Waals surface area contributed by atoms with E-state index < -0.39 is 11.6 Å². The summed E-state index contributed by atoms with van der Waals surface area (Å²) in [4.78, 5) is 0. The summed E-state index contributed by atoms with van der Waals surface area (Å²) in [5, 5.41) is 17.1. The summed E-state index contributed by atoms with van der Waals surface area (Å²) in [5.41, 5.74) is 3.45. The number of nitrogens with one attached hydrogen (secondary N) is 1. The Kier molecular flexibility index (Phi) is 8.15. The van der Waals surface area contributed by atoms with Crippen LogP contribution < -0.4 is 10.1 Å². The molecule has 1 atom stereocenters. The second-order valence-electron chi connectivity index (χ2n) is 9.37. The smallest absolute Gasteiger partial charge is 0.124 e. The quantitative estimate of drug-likeness (QED) is 0.208. The Balaban J connectivity index is 1.41. The lowest BCUT2D eigenvalue weighted by atomic mass is 9.76. The summed E-state index contributed by atoms with van der Waals surface area (Å²) < 4.78 is 11.8. The maximum absolute atomic E-state index is 11.1. The molecule has 0 heterocycles. The van der Waals surface area contributed by atoms with E-state index in [0.29, 0.717) is 13.2 Å². The normalized spacial score (nSPS) is 12.4. The molecule has 0 aliphatic rings. The van der Waals surface area contributed by atoms with Crippen molar-refractivity contribution in [1.82, 2.24) is 5.32 Å². The first-order chi connectivity index (χ1) is 18.7. The molecule has 5 aromatic carbocycles. The molecular formula is C34H33NO3. The predicted octanol–water partition coefficient (Wildman–Crippen LogP) is 6.31. The van der Waals surface area contributed by atoms with Crippen molar-refractivity contribution in [2.24, 2.45) is 0 Å². The lowest BCUT2D eigenvalue weighted by Gasteiger charge is -2.38. The van der Waals surface area contributed by atoms with E-state index >= 15 is 0 Å². The highest BCUT2D eigenvalue weighted by Crippen LogP contribution is 2.41. The van der Waals surface area contributed by atoms with Crippen molar-refractivity contribution in [2.75, 3.05) is 20.3 Å². The van der Waals surface area contributed by atoms with Crippen LogP contribution in [0.4, 0.5) is 0 Å². The molecule has 0 aliphatic carbocycles. The van der Waals surface area contributed by atoms with Gasteiger partial charge in [0, 0.05) is 12.1 Å². The van der Waals surface area contributed by atoms with Crippen LogP contribution in [0.3, 0.4) is 0 Å². The molecular weight excluding hydrogens is 470 g/mol. The summed E-state index contributed by atoms with van der Waals surface area (Å²) >= 11 is 0. The number of ether oxygens (including phenoxy) is 2. The van der Waals surface area contributed by atoms with E-state index in [2.05, 4.69) is 59.9 Å². The number of hydrogen-bond acceptors (Lipinski definition) is 4. The molecule has 0 saturated heterocycles. The molecule has 4 nitrogen and oxygen atoms in total. The molecule has 0 spiro atoms. The zero-order chi connectivity index (χ0) is 26.2. The summed E-state index contributed by atoms with van der Waals surface area (Å²) in [6.45, 7) is 0.965. The van der Waals surface area contributed by atoms with Crippen molar-refractivity contribution < 1.29 is 14.6 Å². The van der Waals surface area contributed by atoms with Gasteiger partial charge in [-0.1, -0.05) is 121 Å². The average molecular weight is 504 g/mol. The van der Waals surface area contributed by atoms with E-state index in [1.165, 1.54) is 10.8 Å². The lowest BCUT2D eigenvalue weighted by Crippen LogP contribution is -2.48. The molecule has 0 aromatic heterocycles. The van der Waals surface area contributed by atoms with Crippen LogP contribution in [-0.2, 0) is 16.9 Å². The average Bonchev–Trinajstić information content (AvgIpc) is 2.99. The molecule has 4 heteroatoms. The first kappa shape index (κ1) is 25.7. The molecule has 0 saturated carbocycles. The fraction of sp³-hybridized carbons (Fsp3) is 0.176. The Hall–Kier alpha value is -3.96. The molecule has 0 aliphatic heterocycles. The summed E-state index contributed by atoms with van der Waals surface area (Å²) in [6, 6.07) is 43.1. The first-order valence-corrected chi connectivity index (χ1v) is 12.9. The van der Waals surface area contributed by atoms with Crippen LogP contribution in [0.1, 0.15) is 22.3 Å². The van der Waals surface area contributed by atoms with E-state index in [9.17, 15) is 5.11 Å². The molecule has 192 valence electrons. The number of para-hydroxylation sites is 1. The van der Waals surface area contributed by atoms with Crippen molar-refractivity contribution in [3.05, 3.63) is 150 Å². The minimum atomic E-state index is -0.744. The van der Waals surface area contributed by atoms with E-state index in [0.717, 1.165) is 28.0 Å². The molecule has 38 heavy (non-hydrogen) atoms. The zero-order valence-corrected chi connectivity index (χ0v) is 21.6. The highest BCUT2D eigenvalue weighted by molar-refractivity contribution is 5.85. The molecule has 0 unspecified atom stereocenters. The minimum Gasteiger partial charge on any atom is -0.496 e. The standard InChI is InChI=1S/C34H33NO3/c1-37-33-22-11-10-21-32(33)34(28-16-4-2-5-17-28,29-18-6-3-7-19-29)35-23-30(36)25-38-24-27-15-12-14-26-13-8-9-20-31(26)27/h2-22,30,35-36H,23-25H2,1H3/t30-/m0/s1. The van der Waals surface area contributed by atoms with Gasteiger partial charge in [0.2, 0.25) is 0 Å². The summed E-state index contributed by atoms with van der Waals surface area (Å²) in [6.07, 6.45) is -0.716. The van der Waals surface area contributed by atoms with Gasteiger partial charge in [-0.2, -0.15) is 0 Å². The van der Waals surface area contributed by atoms with Crippen LogP contribution in [-0.4, -0.2) is 31.5 Å². The highest BCUT2D eigenvalue weighted by atomic mass is 16.5. The van der Waals surface area contributed by atoms with Gasteiger partial charge in [-0.05, 0) is 33.5 Å². The van der Waals surface area contributed by atoms with Gasteiger partial charge in [0.25, 0.3) is 0 Å². The van der Waals surface area contributed by atoms with Gasteiger partial charge in [-0.15, -0.1) is 0 Å². The highest BCUT2D eigenvalue weighted by Gasteiger charge is 2.38. The fourth-order valence-corrected chi connectivity index (χ4v) is 5.16. The second-order valence-corrected chi connectivity index (χ2v) is 9.37. The fourth-order valence-electron chi connectivity index (χ4n) is 5.16. The number of aliphatic hydroxyl groups is 1. The minimum absolute atomic E-state index is 0.210. The maximum atomic E-state index is 11.1. The molecule has 5 rings (SSSR count). The molecule has 0 fully saturated rings. The van der Waals surface area contributed by atoms with Crippen LogP contribution in [0.25, 0.3) is 10.8 Å². The van der Waals surface area contributed by atoms with Crippen molar-refractivity contribution in [3.8, 4) is 5.75 Å². The number of aliphatic hydroxyl groups excluding tert-OH is 1. The summed E-state index contributed by atoms with van der Waals surface area (Å²) in [7, 11) is 1.69. The number of benzene rings is 5. The number of methoxy groups -OCH3 is 1. The maximum Gasteiger partial charge on any atom is 0.124 e. The van der Waals surface area contributed by atoms with E-state index in [4.69, 9.17) is 9.47 Å². The van der Waals surface area contributed by atoms with E-state index in [1.54, 1.807) is 7.11 Å². The van der Waals surface area contributed by atoms with Crippen LogP contribution in [0.2, 0.25) is 0 Å². The third kappa shape index (κ3) is 5.34. The van der Waals surface area contributed by atoms with E-state index in [1.807, 2.05) is 72.8 Å². The van der Waals surface area contributed by atoms with Gasteiger partial charge >= 0.3 is 0 Å². The SMILES string of the molecule is COc1ccccc1C(NC[C@H](O)COCc1cccc2ccccc12)(c1ccccc1)c1ccccc1. The summed E-state index contributed by atoms with van der Waals surface area (Å²) in [5.74, 6) is 0.773. The Morgan fingerprint density at radius 1 is 0.711 bits per heavy atom. The lowest BCUT2D eigenvalue weighted by molar-refractivity contribution is 0.0270. The van der Waals surface area contributed by atoms with Crippen LogP contribution in [0.15, 0.2) is 127 Å². The Morgan fingerprint density at radius 3 is 2.03 bits per heavy atom. The number of rotatable bonds is 11. The largest absolute Gasteiger partial charge is 0.496 e. The molecule has 2 N–H and O–H groups in total. The topological polar surface area (TPSA) is 50.7 Å². The predicted molar refractivity (Wildman–Crippen MR) is 153 cm³/mol. The molecule has 0 radical (unpaired) electrons. The Bertz CT molecular complexity index is 1410. The van der Waals surface area contributed by atoms with Gasteiger partial charge < -0.3 is 14.6 Å². The van der Waals surface area contributed by atoms with Crippen LogP contribution in [0.5, 0.6) is 5.75 Å². The molecule has 0 amide bonds. The van der Waals surface area contributed by atoms with Gasteiger partial charge in [-0.25, -0.2) is 0 Å². The van der Waals surface area contributed by atoms with Gasteiger partial charge in [0.05, 0.1) is 32.0 Å². The molecule has 5 aromatic rings. The van der Waals surface area contributed by atoms with Crippen LogP contribution in [0, 0.1) is 0 Å². The van der Waals surface area contributed by atoms with Gasteiger partial charge in [0.1, 0.15) is 5.75 Å². The van der Waals surface area contributed by atoms with Gasteiger partial charge in [0.15, 0.2) is 0 Å². The van der Waals surface area contributed by atoms with Crippen molar-refractivity contribution in [3.63, 3.8) is 0 Å². The van der Waals surface area contributed by atoms with Crippen LogP contribution >= 0.6 is 0 Å². The van der Waals surface area contributed by atoms with Crippen molar-refractivity contribution in [2.45, 2.75) is 18.2 Å². The first-order valence-electron chi connectivity index (χ1n) is 12.9. The zero-order valence-electron chi connectivity index (χ0n) is 21.6. The second kappa shape index (κ2) is 12.1. The monoisotopic (exact) mass is 503 g/mol. The third-order valence-corrected chi connectivity index (χ3v) is 6.98.